The van der Waals surface area contributed by atoms with E-state index in [1.165, 1.54) is 0 Å². The van der Waals surface area contributed by atoms with E-state index in [1.54, 1.807) is 16.1 Å². The summed E-state index contributed by atoms with van der Waals surface area (Å²) in [6, 6.07) is 3.09. The molecule has 9 nitrogen and oxygen atoms in total. The SMILES string of the molecule is CCn1c(=O)n(CC)c2cc(NC(=O)NC(C)c3n[nH]c(C)n3)c(C)cc21. The van der Waals surface area contributed by atoms with E-state index in [0.29, 0.717) is 30.4 Å². The van der Waals surface area contributed by atoms with Crippen molar-refractivity contribution in [2.45, 2.75) is 53.8 Å². The minimum Gasteiger partial charge on any atom is -0.328 e. The van der Waals surface area contributed by atoms with Gasteiger partial charge in [-0.3, -0.25) is 14.2 Å². The maximum absolute atomic E-state index is 12.5. The number of fused-ring (bicyclic) bond motifs is 1. The lowest BCUT2D eigenvalue weighted by Gasteiger charge is -2.14. The van der Waals surface area contributed by atoms with Gasteiger partial charge in [-0.15, -0.1) is 0 Å². The van der Waals surface area contributed by atoms with Gasteiger partial charge in [0.25, 0.3) is 0 Å². The minimum atomic E-state index is -0.354. The lowest BCUT2D eigenvalue weighted by molar-refractivity contribution is 0.249. The first-order valence-corrected chi connectivity index (χ1v) is 9.05. The molecule has 27 heavy (non-hydrogen) atoms. The summed E-state index contributed by atoms with van der Waals surface area (Å²) >= 11 is 0. The van der Waals surface area contributed by atoms with Crippen molar-refractivity contribution >= 4 is 22.8 Å². The van der Waals surface area contributed by atoms with Crippen molar-refractivity contribution in [2.75, 3.05) is 5.32 Å². The zero-order valence-electron chi connectivity index (χ0n) is 16.3. The number of rotatable bonds is 5. The maximum atomic E-state index is 12.5. The van der Waals surface area contributed by atoms with Crippen LogP contribution in [0.1, 0.15) is 44.0 Å². The smallest absolute Gasteiger partial charge is 0.328 e. The molecule has 3 N–H and O–H groups in total. The summed E-state index contributed by atoms with van der Waals surface area (Å²) in [7, 11) is 0. The quantitative estimate of drug-likeness (QED) is 0.640. The Morgan fingerprint density at radius 2 is 1.81 bits per heavy atom. The van der Waals surface area contributed by atoms with E-state index >= 15 is 0 Å². The molecule has 1 atom stereocenters. The van der Waals surface area contributed by atoms with E-state index < -0.39 is 0 Å². The van der Waals surface area contributed by atoms with Gasteiger partial charge in [0, 0.05) is 18.8 Å². The number of benzene rings is 1. The van der Waals surface area contributed by atoms with Gasteiger partial charge in [0.2, 0.25) is 0 Å². The Morgan fingerprint density at radius 3 is 2.37 bits per heavy atom. The van der Waals surface area contributed by atoms with Crippen molar-refractivity contribution in [1.29, 1.82) is 0 Å². The molecule has 2 aromatic heterocycles. The molecular weight excluding hydrogens is 346 g/mol. The topological polar surface area (TPSA) is 110 Å². The molecule has 0 spiro atoms. The Hall–Kier alpha value is -3.10. The van der Waals surface area contributed by atoms with Gasteiger partial charge in [-0.25, -0.2) is 14.6 Å². The van der Waals surface area contributed by atoms with Crippen LogP contribution in [0.5, 0.6) is 0 Å². The third kappa shape index (κ3) is 3.44. The molecule has 3 rings (SSSR count). The van der Waals surface area contributed by atoms with Crippen molar-refractivity contribution in [2.24, 2.45) is 0 Å². The lowest BCUT2D eigenvalue weighted by Crippen LogP contribution is -2.32. The number of carbonyl (C=O) groups is 1. The van der Waals surface area contributed by atoms with Gasteiger partial charge in [-0.1, -0.05) is 0 Å². The summed E-state index contributed by atoms with van der Waals surface area (Å²) < 4.78 is 3.45. The zero-order chi connectivity index (χ0) is 19.7. The molecule has 144 valence electrons. The predicted octanol–water partition coefficient (Wildman–Crippen LogP) is 2.46. The highest BCUT2D eigenvalue weighted by molar-refractivity contribution is 5.93. The fourth-order valence-corrected chi connectivity index (χ4v) is 3.18. The molecule has 9 heteroatoms. The molecule has 2 amide bonds. The fraction of sp³-hybridized carbons (Fsp3) is 0.444. The number of nitrogens with zero attached hydrogens (tertiary/aromatic N) is 4. The van der Waals surface area contributed by atoms with Gasteiger partial charge in [0.05, 0.1) is 17.1 Å². The van der Waals surface area contributed by atoms with Crippen LogP contribution in [-0.4, -0.2) is 30.3 Å². The normalized spacial score (nSPS) is 12.3. The van der Waals surface area contributed by atoms with Gasteiger partial charge in [0.1, 0.15) is 5.82 Å². The summed E-state index contributed by atoms with van der Waals surface area (Å²) in [6.45, 7) is 10.6. The second-order valence-corrected chi connectivity index (χ2v) is 6.53. The Balaban J connectivity index is 1.87. The molecule has 0 aliphatic rings. The number of aromatic amines is 1. The second kappa shape index (κ2) is 7.26. The minimum absolute atomic E-state index is 0.0374. The van der Waals surface area contributed by atoms with Crippen molar-refractivity contribution in [3.05, 3.63) is 39.8 Å². The average molecular weight is 371 g/mol. The molecular formula is C18H25N7O2. The largest absolute Gasteiger partial charge is 0.329 e. The van der Waals surface area contributed by atoms with Crippen LogP contribution >= 0.6 is 0 Å². The van der Waals surface area contributed by atoms with Crippen LogP contribution in [0.2, 0.25) is 0 Å². The molecule has 0 aliphatic carbocycles. The summed E-state index contributed by atoms with van der Waals surface area (Å²) in [5.74, 6) is 1.22. The molecule has 0 radical (unpaired) electrons. The van der Waals surface area contributed by atoms with Crippen LogP contribution in [0.25, 0.3) is 11.0 Å². The van der Waals surface area contributed by atoms with E-state index in [-0.39, 0.29) is 17.8 Å². The number of aryl methyl sites for hydroxylation is 4. The number of hydrogen-bond acceptors (Lipinski definition) is 4. The third-order valence-electron chi connectivity index (χ3n) is 4.60. The van der Waals surface area contributed by atoms with Gasteiger partial charge in [-0.2, -0.15) is 5.10 Å². The van der Waals surface area contributed by atoms with Crippen molar-refractivity contribution in [3.8, 4) is 0 Å². The van der Waals surface area contributed by atoms with Crippen LogP contribution in [0.3, 0.4) is 0 Å². The van der Waals surface area contributed by atoms with Gasteiger partial charge < -0.3 is 10.6 Å². The van der Waals surface area contributed by atoms with Gasteiger partial charge in [0.15, 0.2) is 5.82 Å². The first kappa shape index (κ1) is 18.7. The highest BCUT2D eigenvalue weighted by Gasteiger charge is 2.17. The number of urea groups is 1. The highest BCUT2D eigenvalue weighted by Crippen LogP contribution is 2.23. The molecule has 0 bridgehead atoms. The molecule has 1 unspecified atom stereocenters. The van der Waals surface area contributed by atoms with Crippen LogP contribution in [0.4, 0.5) is 10.5 Å². The number of hydrogen-bond donors (Lipinski definition) is 3. The fourth-order valence-electron chi connectivity index (χ4n) is 3.18. The number of carbonyl (C=O) groups excluding carboxylic acids is 1. The Bertz CT molecular complexity index is 1040. The summed E-state index contributed by atoms with van der Waals surface area (Å²) in [5, 5.41) is 12.5. The molecule has 2 heterocycles. The monoisotopic (exact) mass is 371 g/mol. The number of H-pyrrole nitrogens is 1. The average Bonchev–Trinajstić information content (AvgIpc) is 3.15. The third-order valence-corrected chi connectivity index (χ3v) is 4.60. The molecule has 0 fully saturated rings. The second-order valence-electron chi connectivity index (χ2n) is 6.53. The molecule has 0 saturated heterocycles. The molecule has 0 aliphatic heterocycles. The summed E-state index contributed by atoms with van der Waals surface area (Å²) in [4.78, 5) is 29.1. The number of nitrogens with one attached hydrogen (secondary N) is 3. The van der Waals surface area contributed by atoms with Gasteiger partial charge in [-0.05, 0) is 52.3 Å². The van der Waals surface area contributed by atoms with E-state index in [2.05, 4.69) is 25.8 Å². The van der Waals surface area contributed by atoms with E-state index in [4.69, 9.17) is 0 Å². The lowest BCUT2D eigenvalue weighted by atomic mass is 10.1. The summed E-state index contributed by atoms with van der Waals surface area (Å²) in [5.41, 5.74) is 3.19. The van der Waals surface area contributed by atoms with Crippen LogP contribution in [-0.2, 0) is 13.1 Å². The van der Waals surface area contributed by atoms with Crippen molar-refractivity contribution < 1.29 is 4.79 Å². The standard InChI is InChI=1S/C18H25N7O2/c1-6-24-14-8-10(3)13(9-15(14)25(7-2)18(24)27)21-17(26)19-11(4)16-20-12(5)22-23-16/h8-9,11H,6-7H2,1-5H3,(H2,19,21,26)(H,20,22,23). The number of aromatic nitrogens is 5. The van der Waals surface area contributed by atoms with E-state index in [9.17, 15) is 9.59 Å². The summed E-state index contributed by atoms with van der Waals surface area (Å²) in [6.07, 6.45) is 0. The van der Waals surface area contributed by atoms with Crippen molar-refractivity contribution in [1.82, 2.24) is 29.6 Å². The van der Waals surface area contributed by atoms with Gasteiger partial charge >= 0.3 is 11.7 Å². The number of amides is 2. The molecule has 0 saturated carbocycles. The van der Waals surface area contributed by atoms with Crippen LogP contribution < -0.4 is 16.3 Å². The molecule has 1 aromatic carbocycles. The van der Waals surface area contributed by atoms with E-state index in [1.807, 2.05) is 39.8 Å². The zero-order valence-corrected chi connectivity index (χ0v) is 16.3. The Morgan fingerprint density at radius 1 is 1.19 bits per heavy atom. The maximum Gasteiger partial charge on any atom is 0.329 e. The van der Waals surface area contributed by atoms with E-state index in [0.717, 1.165) is 16.6 Å². The molecule has 3 aromatic rings. The van der Waals surface area contributed by atoms with Crippen LogP contribution in [0, 0.1) is 13.8 Å². The number of imidazole rings is 1. The highest BCUT2D eigenvalue weighted by atomic mass is 16.2. The Kier molecular flexibility index (Phi) is 5.02. The predicted molar refractivity (Wildman–Crippen MR) is 104 cm³/mol. The first-order valence-electron chi connectivity index (χ1n) is 9.05. The Labute approximate surface area is 156 Å². The first-order chi connectivity index (χ1) is 12.8. The van der Waals surface area contributed by atoms with Crippen LogP contribution in [0.15, 0.2) is 16.9 Å². The van der Waals surface area contributed by atoms with Crippen molar-refractivity contribution in [3.63, 3.8) is 0 Å². The number of anilines is 1.